The largest absolute Gasteiger partial charge is 0.338 e. The molecular weight excluding hydrogens is 180 g/mol. The monoisotopic (exact) mass is 196 g/mol. The van der Waals surface area contributed by atoms with Gasteiger partial charge in [0.15, 0.2) is 5.82 Å². The summed E-state index contributed by atoms with van der Waals surface area (Å²) in [6.45, 7) is 3.80. The molecule has 1 aromatic heterocycles. The van der Waals surface area contributed by atoms with Gasteiger partial charge in [0.05, 0.1) is 13.1 Å². The van der Waals surface area contributed by atoms with Crippen LogP contribution in [0.4, 0.5) is 0 Å². The van der Waals surface area contributed by atoms with E-state index in [1.165, 1.54) is 12.8 Å². The second-order valence-corrected chi connectivity index (χ2v) is 3.62. The summed E-state index contributed by atoms with van der Waals surface area (Å²) in [5.41, 5.74) is 0. The second-order valence-electron chi connectivity index (χ2n) is 3.62. The van der Waals surface area contributed by atoms with Crippen LogP contribution in [-0.2, 0) is 13.1 Å². The molecule has 1 aromatic rings. The van der Waals surface area contributed by atoms with Crippen LogP contribution in [0.15, 0.2) is 4.52 Å². The first-order valence-electron chi connectivity index (χ1n) is 5.07. The van der Waals surface area contributed by atoms with E-state index in [0.717, 1.165) is 25.5 Å². The Morgan fingerprint density at radius 2 is 2.21 bits per heavy atom. The molecule has 0 saturated carbocycles. The fourth-order valence-electron chi connectivity index (χ4n) is 1.72. The van der Waals surface area contributed by atoms with Crippen LogP contribution in [0.3, 0.4) is 0 Å². The molecule has 0 atom stereocenters. The van der Waals surface area contributed by atoms with E-state index in [2.05, 4.69) is 20.4 Å². The van der Waals surface area contributed by atoms with Crippen molar-refractivity contribution in [2.75, 3.05) is 20.1 Å². The number of nitrogens with zero attached hydrogens (tertiary/aromatic N) is 3. The van der Waals surface area contributed by atoms with Crippen molar-refractivity contribution in [1.82, 2.24) is 20.4 Å². The minimum atomic E-state index is 0.646. The summed E-state index contributed by atoms with van der Waals surface area (Å²) in [5, 5.41) is 6.91. The van der Waals surface area contributed by atoms with Crippen molar-refractivity contribution < 1.29 is 4.52 Å². The van der Waals surface area contributed by atoms with Crippen LogP contribution in [0, 0.1) is 0 Å². The molecule has 1 aliphatic heterocycles. The van der Waals surface area contributed by atoms with Crippen LogP contribution in [0.5, 0.6) is 0 Å². The highest BCUT2D eigenvalue weighted by molar-refractivity contribution is 4.86. The van der Waals surface area contributed by atoms with Gasteiger partial charge < -0.3 is 9.84 Å². The highest BCUT2D eigenvalue weighted by atomic mass is 16.5. The predicted octanol–water partition coefficient (Wildman–Crippen LogP) is 0.385. The molecular formula is C9H16N4O. The SMILES string of the molecule is CNCc1nc(CN2CCCC2)no1. The Hall–Kier alpha value is -0.940. The molecule has 0 spiro atoms. The lowest BCUT2D eigenvalue weighted by atomic mass is 10.4. The van der Waals surface area contributed by atoms with Gasteiger partial charge in [0.1, 0.15) is 0 Å². The van der Waals surface area contributed by atoms with Gasteiger partial charge >= 0.3 is 0 Å². The van der Waals surface area contributed by atoms with Gasteiger partial charge in [0.2, 0.25) is 5.89 Å². The Balaban J connectivity index is 1.88. The molecule has 2 heterocycles. The molecule has 5 nitrogen and oxygen atoms in total. The summed E-state index contributed by atoms with van der Waals surface area (Å²) in [6.07, 6.45) is 2.59. The maximum absolute atomic E-state index is 5.07. The third kappa shape index (κ3) is 2.30. The lowest BCUT2D eigenvalue weighted by Crippen LogP contribution is -2.19. The first-order valence-corrected chi connectivity index (χ1v) is 5.07. The molecule has 0 unspecified atom stereocenters. The molecule has 1 aliphatic rings. The molecule has 0 aromatic carbocycles. The molecule has 0 aliphatic carbocycles. The summed E-state index contributed by atoms with van der Waals surface area (Å²) in [4.78, 5) is 6.64. The van der Waals surface area contributed by atoms with Crippen molar-refractivity contribution in [3.8, 4) is 0 Å². The van der Waals surface area contributed by atoms with Crippen LogP contribution in [0.1, 0.15) is 24.6 Å². The summed E-state index contributed by atoms with van der Waals surface area (Å²) in [7, 11) is 1.87. The first kappa shape index (κ1) is 9.61. The van der Waals surface area contributed by atoms with Gasteiger partial charge in [-0.15, -0.1) is 0 Å². The van der Waals surface area contributed by atoms with E-state index >= 15 is 0 Å². The van der Waals surface area contributed by atoms with E-state index in [1.807, 2.05) is 7.05 Å². The minimum Gasteiger partial charge on any atom is -0.338 e. The molecule has 5 heteroatoms. The Bertz CT molecular complexity index is 280. The zero-order chi connectivity index (χ0) is 9.80. The number of hydrogen-bond donors (Lipinski definition) is 1. The van der Waals surface area contributed by atoms with Crippen molar-refractivity contribution in [2.24, 2.45) is 0 Å². The van der Waals surface area contributed by atoms with E-state index in [0.29, 0.717) is 12.4 Å². The molecule has 0 amide bonds. The average molecular weight is 196 g/mol. The smallest absolute Gasteiger partial charge is 0.240 e. The van der Waals surface area contributed by atoms with Crippen molar-refractivity contribution in [1.29, 1.82) is 0 Å². The zero-order valence-corrected chi connectivity index (χ0v) is 8.49. The third-order valence-corrected chi connectivity index (χ3v) is 2.40. The van der Waals surface area contributed by atoms with Crippen molar-refractivity contribution in [3.63, 3.8) is 0 Å². The van der Waals surface area contributed by atoms with Crippen LogP contribution >= 0.6 is 0 Å². The molecule has 0 bridgehead atoms. The standard InChI is InChI=1S/C9H16N4O/c1-10-6-9-11-8(12-14-9)7-13-4-2-3-5-13/h10H,2-7H2,1H3. The van der Waals surface area contributed by atoms with Crippen molar-refractivity contribution in [3.05, 3.63) is 11.7 Å². The third-order valence-electron chi connectivity index (χ3n) is 2.40. The van der Waals surface area contributed by atoms with Gasteiger partial charge in [-0.25, -0.2) is 0 Å². The normalized spacial score (nSPS) is 17.8. The second kappa shape index (κ2) is 4.52. The van der Waals surface area contributed by atoms with Crippen LogP contribution < -0.4 is 5.32 Å². The van der Waals surface area contributed by atoms with Crippen molar-refractivity contribution in [2.45, 2.75) is 25.9 Å². The molecule has 14 heavy (non-hydrogen) atoms. The highest BCUT2D eigenvalue weighted by Gasteiger charge is 2.14. The van der Waals surface area contributed by atoms with Gasteiger partial charge in [0.25, 0.3) is 0 Å². The lowest BCUT2D eigenvalue weighted by molar-refractivity contribution is 0.308. The van der Waals surface area contributed by atoms with Gasteiger partial charge in [0, 0.05) is 0 Å². The average Bonchev–Trinajstić information content (AvgIpc) is 2.79. The van der Waals surface area contributed by atoms with Crippen molar-refractivity contribution >= 4 is 0 Å². The number of aromatic nitrogens is 2. The maximum atomic E-state index is 5.07. The molecule has 1 N–H and O–H groups in total. The molecule has 2 rings (SSSR count). The lowest BCUT2D eigenvalue weighted by Gasteiger charge is -2.10. The van der Waals surface area contributed by atoms with Crippen LogP contribution in [0.2, 0.25) is 0 Å². The van der Waals surface area contributed by atoms with Gasteiger partial charge in [-0.3, -0.25) is 4.90 Å². The maximum Gasteiger partial charge on any atom is 0.240 e. The topological polar surface area (TPSA) is 54.2 Å². The summed E-state index contributed by atoms with van der Waals surface area (Å²) >= 11 is 0. The zero-order valence-electron chi connectivity index (χ0n) is 8.49. The van der Waals surface area contributed by atoms with Crippen LogP contribution in [-0.4, -0.2) is 35.2 Å². The van der Waals surface area contributed by atoms with E-state index in [-0.39, 0.29) is 0 Å². The summed E-state index contributed by atoms with van der Waals surface area (Å²) < 4.78 is 5.07. The summed E-state index contributed by atoms with van der Waals surface area (Å²) in [5.74, 6) is 1.47. The Kier molecular flexibility index (Phi) is 3.10. The molecule has 0 radical (unpaired) electrons. The minimum absolute atomic E-state index is 0.646. The van der Waals surface area contributed by atoms with E-state index < -0.39 is 0 Å². The van der Waals surface area contributed by atoms with Gasteiger partial charge in [-0.2, -0.15) is 4.98 Å². The number of likely N-dealkylation sites (tertiary alicyclic amines) is 1. The Morgan fingerprint density at radius 3 is 2.93 bits per heavy atom. The molecule has 78 valence electrons. The Labute approximate surface area is 83.5 Å². The van der Waals surface area contributed by atoms with E-state index in [4.69, 9.17) is 4.52 Å². The number of nitrogens with one attached hydrogen (secondary N) is 1. The van der Waals surface area contributed by atoms with E-state index in [1.54, 1.807) is 0 Å². The highest BCUT2D eigenvalue weighted by Crippen LogP contribution is 2.10. The Morgan fingerprint density at radius 1 is 1.43 bits per heavy atom. The van der Waals surface area contributed by atoms with Gasteiger partial charge in [-0.1, -0.05) is 5.16 Å². The molecule has 1 fully saturated rings. The predicted molar refractivity (Wildman–Crippen MR) is 51.6 cm³/mol. The first-order chi connectivity index (χ1) is 6.88. The quantitative estimate of drug-likeness (QED) is 0.754. The fraction of sp³-hybridized carbons (Fsp3) is 0.778. The molecule has 1 saturated heterocycles. The van der Waals surface area contributed by atoms with E-state index in [9.17, 15) is 0 Å². The summed E-state index contributed by atoms with van der Waals surface area (Å²) in [6, 6.07) is 0. The fourth-order valence-corrected chi connectivity index (χ4v) is 1.72. The van der Waals surface area contributed by atoms with Crippen LogP contribution in [0.25, 0.3) is 0 Å². The number of rotatable bonds is 4. The number of hydrogen-bond acceptors (Lipinski definition) is 5. The van der Waals surface area contributed by atoms with Gasteiger partial charge in [-0.05, 0) is 33.0 Å².